The maximum atomic E-state index is 13.3. The molecule has 220 valence electrons. The first kappa shape index (κ1) is 29.6. The standard InChI is InChI=1S/C36H43N3O3/c1-3-21-39(35(40)27-42-33-17-11-6-12-18-33)31-19-22-38(23-20-31)26-30-24-32(25-34(30)28-13-7-4-8-14-28)37(2)36(41)29-15-9-5-10-16-29/h3-18,30-32,34H,1,19-27H2,2H3/t30-,32?,34-/m1/s1. The number of amides is 2. The molecule has 1 heterocycles. The second kappa shape index (κ2) is 14.3. The number of piperidine rings is 1. The summed E-state index contributed by atoms with van der Waals surface area (Å²) in [4.78, 5) is 32.9. The number of carbonyl (C=O) groups excluding carboxylic acids is 2. The Morgan fingerprint density at radius 3 is 2.14 bits per heavy atom. The van der Waals surface area contributed by atoms with Crippen LogP contribution in [0, 0.1) is 5.92 Å². The van der Waals surface area contributed by atoms with Gasteiger partial charge < -0.3 is 19.4 Å². The molecule has 0 N–H and O–H groups in total. The number of benzene rings is 3. The lowest BCUT2D eigenvalue weighted by Gasteiger charge is -2.39. The predicted octanol–water partition coefficient (Wildman–Crippen LogP) is 5.88. The second-order valence-electron chi connectivity index (χ2n) is 11.7. The van der Waals surface area contributed by atoms with E-state index in [1.165, 1.54) is 5.56 Å². The lowest BCUT2D eigenvalue weighted by molar-refractivity contribution is -0.136. The molecule has 1 aliphatic carbocycles. The van der Waals surface area contributed by atoms with E-state index in [1.54, 1.807) is 0 Å². The van der Waals surface area contributed by atoms with Gasteiger partial charge in [0.15, 0.2) is 6.61 Å². The van der Waals surface area contributed by atoms with Gasteiger partial charge in [0, 0.05) is 50.9 Å². The van der Waals surface area contributed by atoms with Crippen molar-refractivity contribution >= 4 is 11.8 Å². The van der Waals surface area contributed by atoms with Crippen molar-refractivity contribution in [3.05, 3.63) is 115 Å². The van der Waals surface area contributed by atoms with E-state index in [0.29, 0.717) is 24.1 Å². The molecule has 0 aromatic heterocycles. The average Bonchev–Trinajstić information content (AvgIpc) is 3.47. The third kappa shape index (κ3) is 7.29. The highest BCUT2D eigenvalue weighted by Crippen LogP contribution is 2.42. The highest BCUT2D eigenvalue weighted by molar-refractivity contribution is 5.94. The third-order valence-corrected chi connectivity index (χ3v) is 9.03. The average molecular weight is 566 g/mol. The van der Waals surface area contributed by atoms with E-state index < -0.39 is 0 Å². The molecule has 6 heteroatoms. The number of rotatable bonds is 11. The normalized spacial score (nSPS) is 21.0. The minimum atomic E-state index is 0.00565. The molecule has 2 amide bonds. The van der Waals surface area contributed by atoms with Crippen LogP contribution in [0.1, 0.15) is 47.5 Å². The molecule has 42 heavy (non-hydrogen) atoms. The van der Waals surface area contributed by atoms with Crippen LogP contribution in [0.25, 0.3) is 0 Å². The summed E-state index contributed by atoms with van der Waals surface area (Å²) in [6.45, 7) is 7.37. The lowest BCUT2D eigenvalue weighted by Crippen LogP contribution is -2.49. The van der Waals surface area contributed by atoms with Crippen molar-refractivity contribution in [1.29, 1.82) is 0 Å². The van der Waals surface area contributed by atoms with Gasteiger partial charge in [-0.1, -0.05) is 72.8 Å². The summed E-state index contributed by atoms with van der Waals surface area (Å²) in [6, 6.07) is 30.3. The smallest absolute Gasteiger partial charge is 0.261 e. The zero-order valence-electron chi connectivity index (χ0n) is 24.7. The van der Waals surface area contributed by atoms with Gasteiger partial charge >= 0.3 is 0 Å². The number of para-hydroxylation sites is 1. The predicted molar refractivity (Wildman–Crippen MR) is 168 cm³/mol. The van der Waals surface area contributed by atoms with Crippen LogP contribution in [0.2, 0.25) is 0 Å². The van der Waals surface area contributed by atoms with Crippen LogP contribution in [0.5, 0.6) is 5.75 Å². The van der Waals surface area contributed by atoms with Gasteiger partial charge in [-0.3, -0.25) is 9.59 Å². The molecule has 6 nitrogen and oxygen atoms in total. The number of hydrogen-bond donors (Lipinski definition) is 0. The number of nitrogens with zero attached hydrogens (tertiary/aromatic N) is 3. The van der Waals surface area contributed by atoms with Crippen LogP contribution in [0.4, 0.5) is 0 Å². The second-order valence-corrected chi connectivity index (χ2v) is 11.7. The van der Waals surface area contributed by atoms with Crippen LogP contribution >= 0.6 is 0 Å². The van der Waals surface area contributed by atoms with E-state index in [0.717, 1.165) is 50.9 Å². The van der Waals surface area contributed by atoms with Crippen molar-refractivity contribution in [1.82, 2.24) is 14.7 Å². The Balaban J connectivity index is 1.20. The Morgan fingerprint density at radius 2 is 1.50 bits per heavy atom. The maximum absolute atomic E-state index is 13.3. The van der Waals surface area contributed by atoms with Gasteiger partial charge in [-0.05, 0) is 67.3 Å². The van der Waals surface area contributed by atoms with E-state index in [-0.39, 0.29) is 30.5 Å². The van der Waals surface area contributed by atoms with E-state index in [4.69, 9.17) is 4.74 Å². The first-order chi connectivity index (χ1) is 20.5. The van der Waals surface area contributed by atoms with Crippen molar-refractivity contribution in [3.8, 4) is 5.75 Å². The summed E-state index contributed by atoms with van der Waals surface area (Å²) in [5.74, 6) is 1.68. The maximum Gasteiger partial charge on any atom is 0.261 e. The molecular weight excluding hydrogens is 522 g/mol. The van der Waals surface area contributed by atoms with Crippen LogP contribution in [-0.2, 0) is 4.79 Å². The van der Waals surface area contributed by atoms with Gasteiger partial charge in [0.1, 0.15) is 5.75 Å². The molecule has 1 saturated carbocycles. The summed E-state index contributed by atoms with van der Waals surface area (Å²) < 4.78 is 5.76. The Bertz CT molecular complexity index is 1290. The molecule has 1 aliphatic heterocycles. The van der Waals surface area contributed by atoms with E-state index in [9.17, 15) is 9.59 Å². The molecule has 0 spiro atoms. The van der Waals surface area contributed by atoms with Crippen molar-refractivity contribution in [2.24, 2.45) is 5.92 Å². The molecule has 1 unspecified atom stereocenters. The summed E-state index contributed by atoms with van der Waals surface area (Å²) in [5.41, 5.74) is 2.11. The van der Waals surface area contributed by atoms with Gasteiger partial charge in [-0.15, -0.1) is 6.58 Å². The van der Waals surface area contributed by atoms with E-state index >= 15 is 0 Å². The zero-order chi connectivity index (χ0) is 29.3. The number of carbonyl (C=O) groups is 2. The molecule has 2 aliphatic rings. The summed E-state index contributed by atoms with van der Waals surface area (Å²) in [6.07, 6.45) is 5.64. The summed E-state index contributed by atoms with van der Waals surface area (Å²) in [5, 5.41) is 0. The molecule has 3 atom stereocenters. The molecule has 0 radical (unpaired) electrons. The Labute approximate surface area is 250 Å². The third-order valence-electron chi connectivity index (χ3n) is 9.03. The SMILES string of the molecule is C=CCN(C(=O)COc1ccccc1)C1CCN(C[C@H]2CC(N(C)C(=O)c3ccccc3)C[C@@H]2c2ccccc2)CC1. The molecule has 3 aromatic carbocycles. The van der Waals surface area contributed by atoms with Crippen LogP contribution in [0.3, 0.4) is 0 Å². The van der Waals surface area contributed by atoms with Gasteiger partial charge in [0.05, 0.1) is 0 Å². The number of likely N-dealkylation sites (tertiary alicyclic amines) is 1. The first-order valence-corrected chi connectivity index (χ1v) is 15.2. The molecule has 3 aromatic rings. The fourth-order valence-corrected chi connectivity index (χ4v) is 6.76. The number of ether oxygens (including phenoxy) is 1. The van der Waals surface area contributed by atoms with Crippen LogP contribution in [-0.4, -0.2) is 78.4 Å². The molecule has 1 saturated heterocycles. The molecule has 2 fully saturated rings. The van der Waals surface area contributed by atoms with Gasteiger partial charge in [-0.25, -0.2) is 0 Å². The Kier molecular flexibility index (Phi) is 10.1. The minimum absolute atomic E-state index is 0.00565. The fourth-order valence-electron chi connectivity index (χ4n) is 6.76. The molecular formula is C36H43N3O3. The fraction of sp³-hybridized carbons (Fsp3) is 0.389. The minimum Gasteiger partial charge on any atom is -0.484 e. The zero-order valence-corrected chi connectivity index (χ0v) is 24.7. The van der Waals surface area contributed by atoms with Gasteiger partial charge in [0.2, 0.25) is 0 Å². The van der Waals surface area contributed by atoms with Gasteiger partial charge in [-0.2, -0.15) is 0 Å². The first-order valence-electron chi connectivity index (χ1n) is 15.2. The van der Waals surface area contributed by atoms with Crippen molar-refractivity contribution in [2.75, 3.05) is 39.8 Å². The van der Waals surface area contributed by atoms with Crippen molar-refractivity contribution < 1.29 is 14.3 Å². The van der Waals surface area contributed by atoms with Crippen LogP contribution in [0.15, 0.2) is 104 Å². The topological polar surface area (TPSA) is 53.1 Å². The van der Waals surface area contributed by atoms with Crippen molar-refractivity contribution in [3.63, 3.8) is 0 Å². The Hall–Kier alpha value is -3.90. The van der Waals surface area contributed by atoms with Gasteiger partial charge in [0.25, 0.3) is 11.8 Å². The highest BCUT2D eigenvalue weighted by Gasteiger charge is 2.40. The lowest BCUT2D eigenvalue weighted by atomic mass is 9.88. The quantitative estimate of drug-likeness (QED) is 0.273. The van der Waals surface area contributed by atoms with E-state index in [1.807, 2.05) is 83.6 Å². The summed E-state index contributed by atoms with van der Waals surface area (Å²) in [7, 11) is 1.96. The summed E-state index contributed by atoms with van der Waals surface area (Å²) >= 11 is 0. The molecule has 5 rings (SSSR count). The molecule has 0 bridgehead atoms. The monoisotopic (exact) mass is 565 g/mol. The Morgan fingerprint density at radius 1 is 0.881 bits per heavy atom. The largest absolute Gasteiger partial charge is 0.484 e. The van der Waals surface area contributed by atoms with Crippen LogP contribution < -0.4 is 4.74 Å². The number of hydrogen-bond acceptors (Lipinski definition) is 4. The highest BCUT2D eigenvalue weighted by atomic mass is 16.5. The van der Waals surface area contributed by atoms with Crippen molar-refractivity contribution in [2.45, 2.75) is 43.7 Å². The van der Waals surface area contributed by atoms with E-state index in [2.05, 4.69) is 41.8 Å².